The average Bonchev–Trinajstić information content (AvgIpc) is 2.31. The van der Waals surface area contributed by atoms with Crippen molar-refractivity contribution in [3.63, 3.8) is 0 Å². The van der Waals surface area contributed by atoms with Crippen LogP contribution >= 0.6 is 0 Å². The molecule has 74 valence electrons. The van der Waals surface area contributed by atoms with Gasteiger partial charge in [-0.2, -0.15) is 0 Å². The Balaban J connectivity index is 2.90. The lowest BCUT2D eigenvalue weighted by Gasteiger charge is -2.16. The van der Waals surface area contributed by atoms with E-state index < -0.39 is 13.0 Å². The fraction of sp³-hybridized carbons (Fsp3) is 0.857. The Bertz CT molecular complexity index is 276. The first-order valence-electron chi connectivity index (χ1n) is 3.96. The second-order valence-electron chi connectivity index (χ2n) is 3.83. The zero-order chi connectivity index (χ0) is 10.1. The van der Waals surface area contributed by atoms with E-state index in [2.05, 4.69) is 15.5 Å². The van der Waals surface area contributed by atoms with Gasteiger partial charge < -0.3 is 0 Å². The summed E-state index contributed by atoms with van der Waals surface area (Å²) in [4.78, 5) is 0. The Morgan fingerprint density at radius 1 is 1.38 bits per heavy atom. The molecule has 1 heterocycles. The van der Waals surface area contributed by atoms with Crippen molar-refractivity contribution in [1.29, 1.82) is 0 Å². The number of tetrazole rings is 1. The molecule has 4 nitrogen and oxygen atoms in total. The van der Waals surface area contributed by atoms with Gasteiger partial charge in [-0.3, -0.25) is 0 Å². The minimum Gasteiger partial charge on any atom is -0.223 e. The Hall–Kier alpha value is -1.07. The van der Waals surface area contributed by atoms with Crippen LogP contribution in [-0.2, 0) is 12.0 Å². The molecule has 0 radical (unpaired) electrons. The van der Waals surface area contributed by atoms with Gasteiger partial charge in [-0.25, -0.2) is 13.5 Å². The Labute approximate surface area is 74.9 Å². The highest BCUT2D eigenvalue weighted by molar-refractivity contribution is 4.98. The number of alkyl halides is 2. The molecule has 0 fully saturated rings. The van der Waals surface area contributed by atoms with Gasteiger partial charge in [0, 0.05) is 5.41 Å². The summed E-state index contributed by atoms with van der Waals surface area (Å²) < 4.78 is 25.2. The van der Waals surface area contributed by atoms with Gasteiger partial charge in [0.1, 0.15) is 6.54 Å². The van der Waals surface area contributed by atoms with Crippen LogP contribution in [-0.4, -0.2) is 26.6 Å². The van der Waals surface area contributed by atoms with Crippen molar-refractivity contribution in [2.75, 3.05) is 0 Å². The quantitative estimate of drug-likeness (QED) is 0.704. The van der Waals surface area contributed by atoms with Crippen LogP contribution in [0.25, 0.3) is 0 Å². The molecule has 0 aliphatic carbocycles. The van der Waals surface area contributed by atoms with Crippen LogP contribution in [0.15, 0.2) is 0 Å². The molecule has 13 heavy (non-hydrogen) atoms. The van der Waals surface area contributed by atoms with Crippen LogP contribution in [0.1, 0.15) is 26.6 Å². The van der Waals surface area contributed by atoms with Crippen molar-refractivity contribution < 1.29 is 8.78 Å². The summed E-state index contributed by atoms with van der Waals surface area (Å²) >= 11 is 0. The zero-order valence-electron chi connectivity index (χ0n) is 7.83. The van der Waals surface area contributed by atoms with Crippen LogP contribution in [0, 0.1) is 0 Å². The van der Waals surface area contributed by atoms with Crippen LogP contribution in [0.5, 0.6) is 0 Å². The third kappa shape index (κ3) is 2.43. The van der Waals surface area contributed by atoms with Crippen molar-refractivity contribution in [2.45, 2.75) is 39.2 Å². The van der Waals surface area contributed by atoms with E-state index in [1.807, 2.05) is 20.8 Å². The van der Waals surface area contributed by atoms with Gasteiger partial charge >= 0.3 is 0 Å². The van der Waals surface area contributed by atoms with Gasteiger partial charge in [0.05, 0.1) is 0 Å². The van der Waals surface area contributed by atoms with Crippen LogP contribution in [0.2, 0.25) is 0 Å². The first-order chi connectivity index (χ1) is 5.91. The molecule has 0 N–H and O–H groups in total. The van der Waals surface area contributed by atoms with Crippen LogP contribution in [0.4, 0.5) is 8.78 Å². The highest BCUT2D eigenvalue weighted by Crippen LogP contribution is 2.18. The monoisotopic (exact) mass is 190 g/mol. The van der Waals surface area contributed by atoms with Crippen molar-refractivity contribution in [3.8, 4) is 0 Å². The highest BCUT2D eigenvalue weighted by atomic mass is 19.3. The number of aromatic nitrogens is 4. The van der Waals surface area contributed by atoms with Gasteiger partial charge in [0.25, 0.3) is 6.43 Å². The summed E-state index contributed by atoms with van der Waals surface area (Å²) in [6.07, 6.45) is -2.43. The predicted molar refractivity (Wildman–Crippen MR) is 42.5 cm³/mol. The highest BCUT2D eigenvalue weighted by Gasteiger charge is 2.23. The largest absolute Gasteiger partial charge is 0.258 e. The lowest BCUT2D eigenvalue weighted by atomic mass is 9.96. The van der Waals surface area contributed by atoms with Crippen molar-refractivity contribution in [1.82, 2.24) is 20.2 Å². The minimum absolute atomic E-state index is 0.307. The standard InChI is InChI=1S/C7H12F2N4/c1-7(2,3)6-10-11-12-13(6)4-5(8)9/h5H,4H2,1-3H3. The van der Waals surface area contributed by atoms with Gasteiger partial charge in [0.2, 0.25) is 0 Å². The molecule has 0 aliphatic rings. The number of hydrogen-bond donors (Lipinski definition) is 0. The molecular formula is C7H12F2N4. The molecule has 0 saturated carbocycles. The van der Waals surface area contributed by atoms with Gasteiger partial charge in [0.15, 0.2) is 5.82 Å². The lowest BCUT2D eigenvalue weighted by molar-refractivity contribution is 0.118. The zero-order valence-corrected chi connectivity index (χ0v) is 7.83. The molecule has 6 heteroatoms. The fourth-order valence-corrected chi connectivity index (χ4v) is 0.996. The molecular weight excluding hydrogens is 178 g/mol. The second kappa shape index (κ2) is 3.35. The average molecular weight is 190 g/mol. The van der Waals surface area contributed by atoms with E-state index in [-0.39, 0.29) is 5.41 Å². The normalized spacial score (nSPS) is 12.5. The van der Waals surface area contributed by atoms with E-state index in [0.717, 1.165) is 4.68 Å². The molecule has 0 atom stereocenters. The Kier molecular flexibility index (Phi) is 2.58. The maximum atomic E-state index is 12.0. The summed E-state index contributed by atoms with van der Waals surface area (Å²) in [6.45, 7) is 5.18. The fourth-order valence-electron chi connectivity index (χ4n) is 0.996. The summed E-state index contributed by atoms with van der Waals surface area (Å²) in [5.41, 5.74) is -0.307. The van der Waals surface area contributed by atoms with E-state index >= 15 is 0 Å². The summed E-state index contributed by atoms with van der Waals surface area (Å²) in [7, 11) is 0. The minimum atomic E-state index is -2.43. The third-order valence-corrected chi connectivity index (χ3v) is 1.51. The van der Waals surface area contributed by atoms with Crippen molar-refractivity contribution in [2.24, 2.45) is 0 Å². The second-order valence-corrected chi connectivity index (χ2v) is 3.83. The SMILES string of the molecule is CC(C)(C)c1nnnn1CC(F)F. The maximum absolute atomic E-state index is 12.0. The molecule has 0 aromatic carbocycles. The van der Waals surface area contributed by atoms with Crippen LogP contribution in [0.3, 0.4) is 0 Å². The number of halogens is 2. The topological polar surface area (TPSA) is 43.6 Å². The van der Waals surface area contributed by atoms with Gasteiger partial charge in [-0.1, -0.05) is 20.8 Å². The van der Waals surface area contributed by atoms with E-state index in [1.54, 1.807) is 0 Å². The van der Waals surface area contributed by atoms with Gasteiger partial charge in [-0.15, -0.1) is 5.10 Å². The smallest absolute Gasteiger partial charge is 0.223 e. The summed E-state index contributed by atoms with van der Waals surface area (Å²) in [5, 5.41) is 10.6. The molecule has 0 spiro atoms. The molecule has 0 amide bonds. The summed E-state index contributed by atoms with van der Waals surface area (Å²) in [5.74, 6) is 0.479. The van der Waals surface area contributed by atoms with E-state index in [9.17, 15) is 8.78 Å². The predicted octanol–water partition coefficient (Wildman–Crippen LogP) is 1.24. The molecule has 1 rings (SSSR count). The third-order valence-electron chi connectivity index (χ3n) is 1.51. The molecule has 1 aromatic heterocycles. The van der Waals surface area contributed by atoms with Crippen molar-refractivity contribution >= 4 is 0 Å². The Morgan fingerprint density at radius 2 is 2.00 bits per heavy atom. The molecule has 1 aromatic rings. The van der Waals surface area contributed by atoms with E-state index in [0.29, 0.717) is 5.82 Å². The first-order valence-corrected chi connectivity index (χ1v) is 3.96. The maximum Gasteiger partial charge on any atom is 0.258 e. The lowest BCUT2D eigenvalue weighted by Crippen LogP contribution is -2.22. The Morgan fingerprint density at radius 3 is 2.46 bits per heavy atom. The number of rotatable bonds is 2. The van der Waals surface area contributed by atoms with Crippen LogP contribution < -0.4 is 0 Å². The van der Waals surface area contributed by atoms with E-state index in [4.69, 9.17) is 0 Å². The number of hydrogen-bond acceptors (Lipinski definition) is 3. The molecule has 0 aliphatic heterocycles. The molecule has 0 bridgehead atoms. The van der Waals surface area contributed by atoms with Crippen molar-refractivity contribution in [3.05, 3.63) is 5.82 Å². The molecule has 0 unspecified atom stereocenters. The molecule has 0 saturated heterocycles. The van der Waals surface area contributed by atoms with E-state index in [1.165, 1.54) is 0 Å². The number of nitrogens with zero attached hydrogens (tertiary/aromatic N) is 4. The van der Waals surface area contributed by atoms with Gasteiger partial charge in [-0.05, 0) is 10.4 Å². The first kappa shape index (κ1) is 10.0. The summed E-state index contributed by atoms with van der Waals surface area (Å²) in [6, 6.07) is 0.